The lowest BCUT2D eigenvalue weighted by Crippen LogP contribution is -2.06. The molecule has 2 N–H and O–H groups in total. The zero-order valence-corrected chi connectivity index (χ0v) is 10.3. The van der Waals surface area contributed by atoms with Crippen LogP contribution < -0.4 is 5.73 Å². The summed E-state index contributed by atoms with van der Waals surface area (Å²) in [7, 11) is 1.30. The Labute approximate surface area is 104 Å². The Bertz CT molecular complexity index is 558. The SMILES string of the molecule is CCn1cc(Cn2cc(N)c(C(=O)OC)n2)cn1. The summed E-state index contributed by atoms with van der Waals surface area (Å²) in [6.45, 7) is 3.34. The molecule has 0 atom stereocenters. The van der Waals surface area contributed by atoms with Crippen LogP contribution in [0.15, 0.2) is 18.6 Å². The fraction of sp³-hybridized carbons (Fsp3) is 0.364. The van der Waals surface area contributed by atoms with Crippen LogP contribution >= 0.6 is 0 Å². The number of nitrogens with two attached hydrogens (primary N) is 1. The van der Waals surface area contributed by atoms with E-state index in [2.05, 4.69) is 14.9 Å². The number of hydrogen-bond acceptors (Lipinski definition) is 5. The van der Waals surface area contributed by atoms with Gasteiger partial charge in [-0.1, -0.05) is 0 Å². The third kappa shape index (κ3) is 2.34. The quantitative estimate of drug-likeness (QED) is 0.798. The van der Waals surface area contributed by atoms with Gasteiger partial charge in [-0.2, -0.15) is 10.2 Å². The van der Waals surface area contributed by atoms with E-state index in [1.807, 2.05) is 17.8 Å². The predicted octanol–water partition coefficient (Wildman–Crippen LogP) is 0.517. The number of nitrogen functional groups attached to an aromatic ring is 1. The molecule has 2 aromatic rings. The predicted molar refractivity (Wildman–Crippen MR) is 65.0 cm³/mol. The molecule has 0 saturated carbocycles. The molecule has 96 valence electrons. The van der Waals surface area contributed by atoms with Crippen LogP contribution in [0.4, 0.5) is 5.69 Å². The number of aryl methyl sites for hydroxylation is 1. The number of carbonyl (C=O) groups excluding carboxylic acids is 1. The first-order valence-electron chi connectivity index (χ1n) is 5.56. The minimum Gasteiger partial charge on any atom is -0.464 e. The van der Waals surface area contributed by atoms with Crippen LogP contribution in [0.25, 0.3) is 0 Å². The third-order valence-corrected chi connectivity index (χ3v) is 2.52. The molecule has 2 rings (SSSR count). The summed E-state index contributed by atoms with van der Waals surface area (Å²) in [5, 5.41) is 8.26. The van der Waals surface area contributed by atoms with Gasteiger partial charge in [-0.15, -0.1) is 0 Å². The van der Waals surface area contributed by atoms with Crippen molar-refractivity contribution in [1.82, 2.24) is 19.6 Å². The van der Waals surface area contributed by atoms with E-state index in [1.54, 1.807) is 17.1 Å². The van der Waals surface area contributed by atoms with Gasteiger partial charge in [-0.25, -0.2) is 4.79 Å². The van der Waals surface area contributed by atoms with E-state index in [-0.39, 0.29) is 5.69 Å². The fourth-order valence-corrected chi connectivity index (χ4v) is 1.62. The van der Waals surface area contributed by atoms with Crippen LogP contribution in [0.1, 0.15) is 23.0 Å². The summed E-state index contributed by atoms with van der Waals surface area (Å²) in [6.07, 6.45) is 5.30. The molecular weight excluding hydrogens is 234 g/mol. The number of rotatable bonds is 4. The van der Waals surface area contributed by atoms with Crippen molar-refractivity contribution < 1.29 is 9.53 Å². The van der Waals surface area contributed by atoms with Crippen LogP contribution in [0, 0.1) is 0 Å². The Kier molecular flexibility index (Phi) is 3.31. The van der Waals surface area contributed by atoms with Gasteiger partial charge in [0.05, 0.1) is 25.5 Å². The Morgan fingerprint density at radius 1 is 1.44 bits per heavy atom. The van der Waals surface area contributed by atoms with Crippen LogP contribution in [-0.4, -0.2) is 32.6 Å². The number of anilines is 1. The van der Waals surface area contributed by atoms with Gasteiger partial charge < -0.3 is 10.5 Å². The van der Waals surface area contributed by atoms with Gasteiger partial charge in [0.2, 0.25) is 0 Å². The number of aromatic nitrogens is 4. The summed E-state index contributed by atoms with van der Waals surface area (Å²) in [5.41, 5.74) is 7.14. The lowest BCUT2D eigenvalue weighted by Gasteiger charge is -1.97. The summed E-state index contributed by atoms with van der Waals surface area (Å²) < 4.78 is 8.01. The van der Waals surface area contributed by atoms with Crippen molar-refractivity contribution >= 4 is 11.7 Å². The smallest absolute Gasteiger partial charge is 0.360 e. The molecule has 0 spiro atoms. The van der Waals surface area contributed by atoms with Crippen molar-refractivity contribution in [3.05, 3.63) is 29.8 Å². The standard InChI is InChI=1S/C11H15N5O2/c1-3-15-5-8(4-13-15)6-16-7-9(12)10(14-16)11(17)18-2/h4-5,7H,3,6,12H2,1-2H3. The van der Waals surface area contributed by atoms with Gasteiger partial charge in [0.1, 0.15) is 0 Å². The fourth-order valence-electron chi connectivity index (χ4n) is 1.62. The second-order valence-corrected chi connectivity index (χ2v) is 3.83. The van der Waals surface area contributed by atoms with E-state index in [1.165, 1.54) is 7.11 Å². The molecule has 0 aliphatic rings. The molecule has 0 unspecified atom stereocenters. The van der Waals surface area contributed by atoms with Crippen molar-refractivity contribution in [2.75, 3.05) is 12.8 Å². The van der Waals surface area contributed by atoms with Gasteiger partial charge >= 0.3 is 5.97 Å². The van der Waals surface area contributed by atoms with E-state index in [4.69, 9.17) is 5.73 Å². The monoisotopic (exact) mass is 249 g/mol. The molecule has 0 aliphatic carbocycles. The topological polar surface area (TPSA) is 88.0 Å². The Hall–Kier alpha value is -2.31. The number of ether oxygens (including phenoxy) is 1. The van der Waals surface area contributed by atoms with E-state index < -0.39 is 5.97 Å². The average molecular weight is 249 g/mol. The normalized spacial score (nSPS) is 10.6. The second-order valence-electron chi connectivity index (χ2n) is 3.83. The molecule has 0 aliphatic heterocycles. The number of esters is 1. The van der Waals surface area contributed by atoms with Crippen molar-refractivity contribution in [1.29, 1.82) is 0 Å². The summed E-state index contributed by atoms with van der Waals surface area (Å²) >= 11 is 0. The lowest BCUT2D eigenvalue weighted by molar-refractivity contribution is 0.0594. The minimum absolute atomic E-state index is 0.139. The molecule has 18 heavy (non-hydrogen) atoms. The molecule has 7 heteroatoms. The van der Waals surface area contributed by atoms with Crippen LogP contribution in [0.2, 0.25) is 0 Å². The highest BCUT2D eigenvalue weighted by atomic mass is 16.5. The van der Waals surface area contributed by atoms with Crippen molar-refractivity contribution in [3.8, 4) is 0 Å². The van der Waals surface area contributed by atoms with E-state index in [9.17, 15) is 4.79 Å². The molecule has 7 nitrogen and oxygen atoms in total. The molecule has 0 aromatic carbocycles. The van der Waals surface area contributed by atoms with E-state index in [0.29, 0.717) is 12.2 Å². The molecule has 0 fully saturated rings. The summed E-state index contributed by atoms with van der Waals surface area (Å²) in [6, 6.07) is 0. The second kappa shape index (κ2) is 4.91. The first-order valence-corrected chi connectivity index (χ1v) is 5.56. The molecule has 0 radical (unpaired) electrons. The average Bonchev–Trinajstić information content (AvgIpc) is 2.95. The van der Waals surface area contributed by atoms with Gasteiger partial charge in [0.15, 0.2) is 5.69 Å². The van der Waals surface area contributed by atoms with Crippen molar-refractivity contribution in [2.24, 2.45) is 0 Å². The zero-order chi connectivity index (χ0) is 13.1. The largest absolute Gasteiger partial charge is 0.464 e. The Morgan fingerprint density at radius 2 is 2.22 bits per heavy atom. The lowest BCUT2D eigenvalue weighted by atomic mass is 10.3. The molecule has 2 heterocycles. The third-order valence-electron chi connectivity index (χ3n) is 2.52. The van der Waals surface area contributed by atoms with E-state index >= 15 is 0 Å². The van der Waals surface area contributed by atoms with Gasteiger partial charge in [0, 0.05) is 24.5 Å². The van der Waals surface area contributed by atoms with Crippen LogP contribution in [0.3, 0.4) is 0 Å². The van der Waals surface area contributed by atoms with Gasteiger partial charge in [-0.05, 0) is 6.92 Å². The summed E-state index contributed by atoms with van der Waals surface area (Å²) in [4.78, 5) is 11.4. The number of methoxy groups -OCH3 is 1. The molecule has 2 aromatic heterocycles. The van der Waals surface area contributed by atoms with Crippen molar-refractivity contribution in [2.45, 2.75) is 20.0 Å². The highest BCUT2D eigenvalue weighted by Gasteiger charge is 2.15. The molecular formula is C11H15N5O2. The van der Waals surface area contributed by atoms with Crippen molar-refractivity contribution in [3.63, 3.8) is 0 Å². The molecule has 0 saturated heterocycles. The van der Waals surface area contributed by atoms with E-state index in [0.717, 1.165) is 12.1 Å². The number of hydrogen-bond donors (Lipinski definition) is 1. The highest BCUT2D eigenvalue weighted by molar-refractivity contribution is 5.92. The van der Waals surface area contributed by atoms with Crippen LogP contribution in [0.5, 0.6) is 0 Å². The summed E-state index contributed by atoms with van der Waals surface area (Å²) in [5.74, 6) is -0.532. The maximum absolute atomic E-state index is 11.4. The Balaban J connectivity index is 2.17. The first kappa shape index (κ1) is 12.2. The van der Waals surface area contributed by atoms with Gasteiger partial charge in [-0.3, -0.25) is 9.36 Å². The van der Waals surface area contributed by atoms with Crippen LogP contribution in [-0.2, 0) is 17.8 Å². The highest BCUT2D eigenvalue weighted by Crippen LogP contribution is 2.11. The molecule has 0 amide bonds. The maximum atomic E-state index is 11.4. The zero-order valence-electron chi connectivity index (χ0n) is 10.3. The minimum atomic E-state index is -0.532. The maximum Gasteiger partial charge on any atom is 0.360 e. The number of nitrogens with zero attached hydrogens (tertiary/aromatic N) is 4. The van der Waals surface area contributed by atoms with Gasteiger partial charge in [0.25, 0.3) is 0 Å². The Morgan fingerprint density at radius 3 is 2.83 bits per heavy atom. The number of carbonyl (C=O) groups is 1. The first-order chi connectivity index (χ1) is 8.63. The molecule has 0 bridgehead atoms.